The van der Waals surface area contributed by atoms with Crippen LogP contribution in [0.2, 0.25) is 5.15 Å². The minimum atomic E-state index is -1.57. The first-order chi connectivity index (χ1) is 9.97. The van der Waals surface area contributed by atoms with Gasteiger partial charge < -0.3 is 0 Å². The molecule has 0 radical (unpaired) electrons. The van der Waals surface area contributed by atoms with E-state index in [1.165, 1.54) is 0 Å². The number of hydrogen-bond donors (Lipinski definition) is 0. The van der Waals surface area contributed by atoms with Gasteiger partial charge in [-0.2, -0.15) is 0 Å². The van der Waals surface area contributed by atoms with Gasteiger partial charge in [0.25, 0.3) is 0 Å². The Labute approximate surface area is 130 Å². The van der Waals surface area contributed by atoms with Crippen molar-refractivity contribution in [3.63, 3.8) is 0 Å². The van der Waals surface area contributed by atoms with E-state index in [1.54, 1.807) is 18.2 Å². The average molecular weight is 374 g/mol. The van der Waals surface area contributed by atoms with E-state index in [2.05, 4.69) is 25.9 Å². The average Bonchev–Trinajstić information content (AvgIpc) is 2.45. The van der Waals surface area contributed by atoms with E-state index >= 15 is 0 Å². The molecule has 0 amide bonds. The van der Waals surface area contributed by atoms with Gasteiger partial charge in [0.15, 0.2) is 23.3 Å². The Hall–Kier alpha value is -1.66. The van der Waals surface area contributed by atoms with Crippen molar-refractivity contribution >= 4 is 38.4 Å². The van der Waals surface area contributed by atoms with Crippen LogP contribution in [0, 0.1) is 17.5 Å². The van der Waals surface area contributed by atoms with E-state index in [0.717, 1.165) is 16.6 Å². The molecule has 2 nitrogen and oxygen atoms in total. The molecule has 0 aliphatic heterocycles. The topological polar surface area (TPSA) is 25.8 Å². The van der Waals surface area contributed by atoms with Crippen molar-refractivity contribution in [3.05, 3.63) is 57.4 Å². The molecule has 106 valence electrons. The second kappa shape index (κ2) is 5.27. The summed E-state index contributed by atoms with van der Waals surface area (Å²) >= 11 is 9.34. The maximum Gasteiger partial charge on any atom is 0.195 e. The summed E-state index contributed by atoms with van der Waals surface area (Å²) < 4.78 is 40.8. The number of hydrogen-bond acceptors (Lipinski definition) is 2. The zero-order chi connectivity index (χ0) is 15.1. The normalized spacial score (nSPS) is 11.1. The van der Waals surface area contributed by atoms with Crippen LogP contribution in [-0.2, 0) is 0 Å². The second-order valence-electron chi connectivity index (χ2n) is 4.22. The molecule has 0 fully saturated rings. The molecule has 1 aromatic heterocycles. The van der Waals surface area contributed by atoms with Crippen LogP contribution in [0.3, 0.4) is 0 Å². The molecule has 2 aromatic carbocycles. The predicted octanol–water partition coefficient (Wildman–Crippen LogP) is 5.13. The van der Waals surface area contributed by atoms with Gasteiger partial charge in [0.1, 0.15) is 5.15 Å². The second-order valence-corrected chi connectivity index (χ2v) is 5.50. The van der Waals surface area contributed by atoms with Crippen molar-refractivity contribution in [1.82, 2.24) is 9.97 Å². The van der Waals surface area contributed by atoms with E-state index < -0.39 is 17.5 Å². The lowest BCUT2D eigenvalue weighted by Crippen LogP contribution is -1.98. The number of aromatic nitrogens is 2. The zero-order valence-electron chi connectivity index (χ0n) is 10.2. The van der Waals surface area contributed by atoms with Gasteiger partial charge in [-0.15, -0.1) is 0 Å². The lowest BCUT2D eigenvalue weighted by molar-refractivity contribution is 0.448. The summed E-state index contributed by atoms with van der Waals surface area (Å²) in [6, 6.07) is 7.00. The lowest BCUT2D eigenvalue weighted by atomic mass is 10.1. The van der Waals surface area contributed by atoms with E-state index in [4.69, 9.17) is 11.6 Å². The Kier molecular flexibility index (Phi) is 3.59. The van der Waals surface area contributed by atoms with Gasteiger partial charge in [0.05, 0.1) is 11.1 Å². The van der Waals surface area contributed by atoms with Crippen LogP contribution in [0.25, 0.3) is 22.3 Å². The Morgan fingerprint density at radius 3 is 2.48 bits per heavy atom. The van der Waals surface area contributed by atoms with Gasteiger partial charge >= 0.3 is 0 Å². The summed E-state index contributed by atoms with van der Waals surface area (Å²) in [5.41, 5.74) is 0.220. The number of halogens is 5. The van der Waals surface area contributed by atoms with E-state index in [0.29, 0.717) is 10.9 Å². The quantitative estimate of drug-likeness (QED) is 0.436. The van der Waals surface area contributed by atoms with E-state index in [-0.39, 0.29) is 16.5 Å². The Morgan fingerprint density at radius 1 is 0.952 bits per heavy atom. The van der Waals surface area contributed by atoms with Crippen LogP contribution in [0.5, 0.6) is 0 Å². The molecule has 0 spiro atoms. The fraction of sp³-hybridized carbons (Fsp3) is 0. The van der Waals surface area contributed by atoms with Gasteiger partial charge in [-0.05, 0) is 30.3 Å². The SMILES string of the molecule is Fc1ccc(-c2nc(Cl)c3cc(Br)ccc3n2)c(F)c1F. The largest absolute Gasteiger partial charge is 0.228 e. The molecule has 0 aliphatic rings. The van der Waals surface area contributed by atoms with Crippen molar-refractivity contribution in [2.75, 3.05) is 0 Å². The van der Waals surface area contributed by atoms with Crippen molar-refractivity contribution in [3.8, 4) is 11.4 Å². The molecular formula is C14H5BrClF3N2. The predicted molar refractivity (Wildman–Crippen MR) is 77.6 cm³/mol. The van der Waals surface area contributed by atoms with E-state index in [9.17, 15) is 13.2 Å². The maximum absolute atomic E-state index is 13.8. The fourth-order valence-corrected chi connectivity index (χ4v) is 2.47. The highest BCUT2D eigenvalue weighted by atomic mass is 79.9. The molecular weight excluding hydrogens is 369 g/mol. The van der Waals surface area contributed by atoms with E-state index in [1.807, 2.05) is 0 Å². The first-order valence-electron chi connectivity index (χ1n) is 5.74. The molecule has 0 unspecified atom stereocenters. The number of nitrogens with zero attached hydrogens (tertiary/aromatic N) is 2. The number of fused-ring (bicyclic) bond motifs is 1. The summed E-state index contributed by atoms with van der Waals surface area (Å²) in [5.74, 6) is -4.29. The van der Waals surface area contributed by atoms with Gasteiger partial charge in [0, 0.05) is 9.86 Å². The minimum absolute atomic E-state index is 0.0976. The lowest BCUT2D eigenvalue weighted by Gasteiger charge is -2.07. The first kappa shape index (κ1) is 14.3. The van der Waals surface area contributed by atoms with Crippen LogP contribution in [-0.4, -0.2) is 9.97 Å². The fourth-order valence-electron chi connectivity index (χ4n) is 1.88. The molecule has 1 heterocycles. The summed E-state index contributed by atoms with van der Waals surface area (Å²) in [7, 11) is 0. The van der Waals surface area contributed by atoms with Crippen LogP contribution in [0.4, 0.5) is 13.2 Å². The molecule has 3 rings (SSSR count). The van der Waals surface area contributed by atoms with Crippen molar-refractivity contribution in [2.24, 2.45) is 0 Å². The van der Waals surface area contributed by atoms with Crippen LogP contribution < -0.4 is 0 Å². The van der Waals surface area contributed by atoms with Crippen molar-refractivity contribution in [2.45, 2.75) is 0 Å². The molecule has 3 aromatic rings. The molecule has 0 bridgehead atoms. The van der Waals surface area contributed by atoms with Gasteiger partial charge in [-0.1, -0.05) is 27.5 Å². The zero-order valence-corrected chi connectivity index (χ0v) is 12.5. The molecule has 0 saturated heterocycles. The third-order valence-corrected chi connectivity index (χ3v) is 3.67. The highest BCUT2D eigenvalue weighted by Crippen LogP contribution is 2.29. The number of benzene rings is 2. The highest BCUT2D eigenvalue weighted by molar-refractivity contribution is 9.10. The summed E-state index contributed by atoms with van der Waals surface area (Å²) in [6.07, 6.45) is 0. The van der Waals surface area contributed by atoms with Gasteiger partial charge in [0.2, 0.25) is 0 Å². The summed E-state index contributed by atoms with van der Waals surface area (Å²) in [4.78, 5) is 8.08. The summed E-state index contributed by atoms with van der Waals surface area (Å²) in [6.45, 7) is 0. The minimum Gasteiger partial charge on any atom is -0.228 e. The Balaban J connectivity index is 2.27. The monoisotopic (exact) mass is 372 g/mol. The molecule has 7 heteroatoms. The molecule has 0 saturated carbocycles. The van der Waals surface area contributed by atoms with Gasteiger partial charge in [-0.3, -0.25) is 0 Å². The first-order valence-corrected chi connectivity index (χ1v) is 6.91. The van der Waals surface area contributed by atoms with Crippen LogP contribution in [0.1, 0.15) is 0 Å². The number of rotatable bonds is 1. The van der Waals surface area contributed by atoms with Crippen LogP contribution >= 0.6 is 27.5 Å². The third-order valence-electron chi connectivity index (χ3n) is 2.89. The smallest absolute Gasteiger partial charge is 0.195 e. The van der Waals surface area contributed by atoms with Crippen molar-refractivity contribution in [1.29, 1.82) is 0 Å². The van der Waals surface area contributed by atoms with Gasteiger partial charge in [-0.25, -0.2) is 23.1 Å². The molecule has 0 N–H and O–H groups in total. The standard InChI is InChI=1S/C14H5BrClF3N2/c15-6-1-4-10-8(5-6)13(16)21-14(20-10)7-2-3-9(17)12(19)11(7)18/h1-5H. The van der Waals surface area contributed by atoms with Crippen molar-refractivity contribution < 1.29 is 13.2 Å². The Morgan fingerprint density at radius 2 is 1.71 bits per heavy atom. The molecule has 0 aliphatic carbocycles. The molecule has 0 atom stereocenters. The summed E-state index contributed by atoms with van der Waals surface area (Å²) in [5, 5.41) is 0.665. The van der Waals surface area contributed by atoms with Crippen LogP contribution in [0.15, 0.2) is 34.8 Å². The Bertz CT molecular complexity index is 870. The molecule has 21 heavy (non-hydrogen) atoms. The highest BCUT2D eigenvalue weighted by Gasteiger charge is 2.18. The third kappa shape index (κ3) is 2.49. The maximum atomic E-state index is 13.8.